The van der Waals surface area contributed by atoms with Crippen LogP contribution in [0.5, 0.6) is 0 Å². The van der Waals surface area contributed by atoms with E-state index in [-0.39, 0.29) is 0 Å². The van der Waals surface area contributed by atoms with Gasteiger partial charge in [-0.25, -0.2) is 0 Å². The van der Waals surface area contributed by atoms with Crippen molar-refractivity contribution in [1.29, 1.82) is 0 Å². The van der Waals surface area contributed by atoms with Gasteiger partial charge in [0.25, 0.3) is 0 Å². The van der Waals surface area contributed by atoms with E-state index in [4.69, 9.17) is 4.74 Å². The van der Waals surface area contributed by atoms with Crippen molar-refractivity contribution in [3.63, 3.8) is 0 Å². The number of piperidine rings is 1. The van der Waals surface area contributed by atoms with Gasteiger partial charge in [-0.1, -0.05) is 0 Å². The third kappa shape index (κ3) is 6.15. The van der Waals surface area contributed by atoms with Crippen LogP contribution in [-0.2, 0) is 4.74 Å². The van der Waals surface area contributed by atoms with Gasteiger partial charge in [0, 0.05) is 45.9 Å². The first-order valence-electron chi connectivity index (χ1n) is 9.36. The quantitative estimate of drug-likeness (QED) is 0.684. The number of nitrogens with zero attached hydrogens (tertiary/aromatic N) is 3. The summed E-state index contributed by atoms with van der Waals surface area (Å²) in [4.78, 5) is 7.82. The van der Waals surface area contributed by atoms with E-state index in [1.165, 1.54) is 71.5 Å². The lowest BCUT2D eigenvalue weighted by atomic mass is 9.91. The molecule has 0 bridgehead atoms. The highest BCUT2D eigenvalue weighted by Gasteiger charge is 2.21. The number of hydrogen-bond donors (Lipinski definition) is 0. The van der Waals surface area contributed by atoms with Gasteiger partial charge in [-0.15, -0.1) is 0 Å². The molecule has 0 aromatic heterocycles. The molecule has 0 aromatic carbocycles. The second kappa shape index (κ2) is 9.86. The van der Waals surface area contributed by atoms with Gasteiger partial charge in [0.15, 0.2) is 0 Å². The van der Waals surface area contributed by atoms with Crippen molar-refractivity contribution >= 4 is 0 Å². The van der Waals surface area contributed by atoms with Gasteiger partial charge in [0.2, 0.25) is 0 Å². The molecule has 0 atom stereocenters. The molecule has 0 aliphatic carbocycles. The first kappa shape index (κ1) is 18.2. The van der Waals surface area contributed by atoms with E-state index < -0.39 is 0 Å². The molecule has 4 nitrogen and oxygen atoms in total. The van der Waals surface area contributed by atoms with Crippen LogP contribution in [0.3, 0.4) is 0 Å². The third-order valence-corrected chi connectivity index (χ3v) is 5.54. The normalized spacial score (nSPS) is 23.5. The minimum absolute atomic E-state index is 0.732. The molecule has 2 rings (SSSR count). The summed E-state index contributed by atoms with van der Waals surface area (Å²) in [5.41, 5.74) is 0. The molecule has 22 heavy (non-hydrogen) atoms. The molecule has 4 heteroatoms. The maximum absolute atomic E-state index is 5.17. The molecule has 0 radical (unpaired) electrons. The van der Waals surface area contributed by atoms with Crippen LogP contribution >= 0.6 is 0 Å². The zero-order valence-corrected chi connectivity index (χ0v) is 15.1. The molecular weight excluding hydrogens is 274 g/mol. The number of rotatable bonds is 8. The number of methoxy groups -OCH3 is 1. The summed E-state index contributed by atoms with van der Waals surface area (Å²) < 4.78 is 5.17. The molecule has 2 heterocycles. The Bertz CT molecular complexity index is 282. The lowest BCUT2D eigenvalue weighted by molar-refractivity contribution is 0.0936. The maximum atomic E-state index is 5.17. The summed E-state index contributed by atoms with van der Waals surface area (Å²) in [5.74, 6) is 0.984. The Labute approximate surface area is 137 Å². The zero-order valence-electron chi connectivity index (χ0n) is 15.1. The Balaban J connectivity index is 1.51. The van der Waals surface area contributed by atoms with Gasteiger partial charge in [-0.05, 0) is 65.1 Å². The maximum Gasteiger partial charge on any atom is 0.0589 e. The third-order valence-electron chi connectivity index (χ3n) is 5.54. The number of hydrogen-bond acceptors (Lipinski definition) is 4. The fourth-order valence-electron chi connectivity index (χ4n) is 3.82. The summed E-state index contributed by atoms with van der Waals surface area (Å²) in [6.45, 7) is 15.5. The molecule has 2 fully saturated rings. The number of likely N-dealkylation sites (tertiary alicyclic amines) is 1. The Morgan fingerprint density at radius 3 is 2.05 bits per heavy atom. The van der Waals surface area contributed by atoms with Crippen molar-refractivity contribution in [2.45, 2.75) is 45.6 Å². The summed E-state index contributed by atoms with van der Waals surface area (Å²) in [6, 6.07) is 0.732. The molecule has 2 aliphatic rings. The SMILES string of the molecule is COCCN1CCN(CCCC2CCN(C(C)C)CC2)CC1. The molecule has 2 aliphatic heterocycles. The molecule has 0 amide bonds. The van der Waals surface area contributed by atoms with Crippen LogP contribution in [0.4, 0.5) is 0 Å². The Kier molecular flexibility index (Phi) is 8.15. The topological polar surface area (TPSA) is 19.0 Å². The van der Waals surface area contributed by atoms with E-state index in [1.807, 2.05) is 0 Å². The van der Waals surface area contributed by atoms with Crippen LogP contribution < -0.4 is 0 Å². The smallest absolute Gasteiger partial charge is 0.0589 e. The number of ether oxygens (including phenoxy) is 1. The first-order valence-corrected chi connectivity index (χ1v) is 9.36. The second-order valence-corrected chi connectivity index (χ2v) is 7.39. The van der Waals surface area contributed by atoms with Crippen LogP contribution in [0, 0.1) is 5.92 Å². The Morgan fingerprint density at radius 1 is 0.909 bits per heavy atom. The van der Waals surface area contributed by atoms with E-state index >= 15 is 0 Å². The lowest BCUT2D eigenvalue weighted by Crippen LogP contribution is -2.47. The summed E-state index contributed by atoms with van der Waals surface area (Å²) in [7, 11) is 1.79. The Morgan fingerprint density at radius 2 is 1.50 bits per heavy atom. The van der Waals surface area contributed by atoms with Crippen molar-refractivity contribution in [3.05, 3.63) is 0 Å². The minimum Gasteiger partial charge on any atom is -0.383 e. The fourth-order valence-corrected chi connectivity index (χ4v) is 3.82. The molecule has 0 spiro atoms. The van der Waals surface area contributed by atoms with Gasteiger partial charge < -0.3 is 14.5 Å². The minimum atomic E-state index is 0.732. The van der Waals surface area contributed by atoms with Crippen molar-refractivity contribution in [2.24, 2.45) is 5.92 Å². The molecular formula is C18H37N3O. The highest BCUT2D eigenvalue weighted by Crippen LogP contribution is 2.23. The van der Waals surface area contributed by atoms with Gasteiger partial charge in [0.05, 0.1) is 6.61 Å². The van der Waals surface area contributed by atoms with Gasteiger partial charge in [-0.2, -0.15) is 0 Å². The van der Waals surface area contributed by atoms with Crippen molar-refractivity contribution in [2.75, 3.05) is 66.1 Å². The Hall–Kier alpha value is -0.160. The molecule has 0 aromatic rings. The van der Waals surface area contributed by atoms with Crippen LogP contribution in [0.2, 0.25) is 0 Å². The predicted molar refractivity (Wildman–Crippen MR) is 93.4 cm³/mol. The average Bonchev–Trinajstić information content (AvgIpc) is 2.54. The predicted octanol–water partition coefficient (Wildman–Crippen LogP) is 2.15. The van der Waals surface area contributed by atoms with Crippen molar-refractivity contribution < 1.29 is 4.74 Å². The lowest BCUT2D eigenvalue weighted by Gasteiger charge is -2.36. The van der Waals surface area contributed by atoms with Crippen LogP contribution in [0.1, 0.15) is 39.5 Å². The molecule has 0 saturated carbocycles. The van der Waals surface area contributed by atoms with Crippen molar-refractivity contribution in [3.8, 4) is 0 Å². The summed E-state index contributed by atoms with van der Waals surface area (Å²) in [5, 5.41) is 0. The van der Waals surface area contributed by atoms with E-state index in [0.717, 1.165) is 25.1 Å². The highest BCUT2D eigenvalue weighted by molar-refractivity contribution is 4.76. The van der Waals surface area contributed by atoms with Gasteiger partial charge >= 0.3 is 0 Å². The largest absolute Gasteiger partial charge is 0.383 e. The van der Waals surface area contributed by atoms with Gasteiger partial charge in [0.1, 0.15) is 0 Å². The first-order chi connectivity index (χ1) is 10.7. The molecule has 130 valence electrons. The van der Waals surface area contributed by atoms with Crippen LogP contribution in [0.15, 0.2) is 0 Å². The van der Waals surface area contributed by atoms with Crippen LogP contribution in [-0.4, -0.2) is 86.8 Å². The number of piperazine rings is 1. The van der Waals surface area contributed by atoms with Crippen LogP contribution in [0.25, 0.3) is 0 Å². The van der Waals surface area contributed by atoms with Gasteiger partial charge in [-0.3, -0.25) is 4.90 Å². The molecule has 2 saturated heterocycles. The fraction of sp³-hybridized carbons (Fsp3) is 1.00. The summed E-state index contributed by atoms with van der Waals surface area (Å²) in [6.07, 6.45) is 5.67. The second-order valence-electron chi connectivity index (χ2n) is 7.39. The van der Waals surface area contributed by atoms with E-state index in [9.17, 15) is 0 Å². The standard InChI is InChI=1S/C18H37N3O/c1-17(2)21-9-6-18(7-10-21)5-4-8-19-11-13-20(14-12-19)15-16-22-3/h17-18H,4-16H2,1-3H3. The average molecular weight is 312 g/mol. The van der Waals surface area contributed by atoms with E-state index in [1.54, 1.807) is 7.11 Å². The highest BCUT2D eigenvalue weighted by atomic mass is 16.5. The molecule has 0 unspecified atom stereocenters. The monoisotopic (exact) mass is 311 g/mol. The summed E-state index contributed by atoms with van der Waals surface area (Å²) >= 11 is 0. The molecule has 0 N–H and O–H groups in total. The zero-order chi connectivity index (χ0) is 15.8. The van der Waals surface area contributed by atoms with E-state index in [2.05, 4.69) is 28.5 Å². The van der Waals surface area contributed by atoms with Crippen molar-refractivity contribution in [1.82, 2.24) is 14.7 Å². The van der Waals surface area contributed by atoms with E-state index in [0.29, 0.717) is 0 Å².